The summed E-state index contributed by atoms with van der Waals surface area (Å²) in [6.45, 7) is 1.86. The highest BCUT2D eigenvalue weighted by atomic mass is 79.9. The van der Waals surface area contributed by atoms with Crippen LogP contribution in [0.3, 0.4) is 0 Å². The number of ether oxygens (including phenoxy) is 1. The molecule has 0 saturated heterocycles. The smallest absolute Gasteiger partial charge is 0.340 e. The summed E-state index contributed by atoms with van der Waals surface area (Å²) in [6.07, 6.45) is 0. The van der Waals surface area contributed by atoms with Crippen molar-refractivity contribution < 1.29 is 14.6 Å². The number of hydrogen-bond donors (Lipinski definition) is 2. The molecule has 0 bridgehead atoms. The topological polar surface area (TPSA) is 72.5 Å². The molecule has 0 heterocycles. The maximum Gasteiger partial charge on any atom is 0.340 e. The molecule has 4 nitrogen and oxygen atoms in total. The van der Waals surface area contributed by atoms with Crippen LogP contribution in [0.25, 0.3) is 0 Å². The lowest BCUT2D eigenvalue weighted by molar-refractivity contribution is 0.0527. The fourth-order valence-corrected chi connectivity index (χ4v) is 1.65. The number of carbonyl (C=O) groups excluding carboxylic acids is 1. The zero-order valence-electron chi connectivity index (χ0n) is 8.29. The lowest BCUT2D eigenvalue weighted by Gasteiger charge is -2.08. The van der Waals surface area contributed by atoms with E-state index in [-0.39, 0.29) is 12.2 Å². The molecule has 0 aliphatic rings. The van der Waals surface area contributed by atoms with E-state index in [2.05, 4.69) is 15.9 Å². The molecule has 5 heteroatoms. The van der Waals surface area contributed by atoms with E-state index in [1.54, 1.807) is 13.0 Å². The summed E-state index contributed by atoms with van der Waals surface area (Å²) in [5, 5.41) is 8.98. The summed E-state index contributed by atoms with van der Waals surface area (Å²) in [4.78, 5) is 11.5. The van der Waals surface area contributed by atoms with Crippen molar-refractivity contribution in [3.8, 4) is 0 Å². The summed E-state index contributed by atoms with van der Waals surface area (Å²) in [5.41, 5.74) is 6.92. The summed E-state index contributed by atoms with van der Waals surface area (Å²) >= 11 is 3.21. The first-order valence-electron chi connectivity index (χ1n) is 4.46. The van der Waals surface area contributed by atoms with Crippen LogP contribution in [0.2, 0.25) is 0 Å². The van der Waals surface area contributed by atoms with Crippen LogP contribution in [0.15, 0.2) is 16.6 Å². The molecule has 0 aliphatic heterocycles. The molecule has 0 spiro atoms. The van der Waals surface area contributed by atoms with E-state index in [9.17, 15) is 4.79 Å². The minimum Gasteiger partial charge on any atom is -0.462 e. The van der Waals surface area contributed by atoms with Gasteiger partial charge in [0.15, 0.2) is 0 Å². The Morgan fingerprint density at radius 2 is 2.27 bits per heavy atom. The Morgan fingerprint density at radius 3 is 2.80 bits per heavy atom. The van der Waals surface area contributed by atoms with Gasteiger partial charge in [0.1, 0.15) is 0 Å². The van der Waals surface area contributed by atoms with Crippen molar-refractivity contribution in [3.63, 3.8) is 0 Å². The number of hydrogen-bond acceptors (Lipinski definition) is 4. The highest BCUT2D eigenvalue weighted by molar-refractivity contribution is 9.10. The Morgan fingerprint density at radius 1 is 1.60 bits per heavy atom. The average molecular weight is 274 g/mol. The first-order valence-corrected chi connectivity index (χ1v) is 5.25. The Kier molecular flexibility index (Phi) is 4.11. The molecular formula is C10H12BrNO3. The summed E-state index contributed by atoms with van der Waals surface area (Å²) in [7, 11) is 0. The van der Waals surface area contributed by atoms with Gasteiger partial charge in [-0.1, -0.05) is 0 Å². The fourth-order valence-electron chi connectivity index (χ4n) is 1.14. The molecule has 0 atom stereocenters. The maximum absolute atomic E-state index is 11.5. The molecule has 1 rings (SSSR count). The zero-order chi connectivity index (χ0) is 11.4. The van der Waals surface area contributed by atoms with Crippen molar-refractivity contribution in [2.24, 2.45) is 0 Å². The summed E-state index contributed by atoms with van der Waals surface area (Å²) < 4.78 is 5.42. The van der Waals surface area contributed by atoms with Gasteiger partial charge in [0.25, 0.3) is 0 Å². The van der Waals surface area contributed by atoms with Crippen LogP contribution in [0.5, 0.6) is 0 Å². The molecule has 15 heavy (non-hydrogen) atoms. The number of nitrogen functional groups attached to an aromatic ring is 1. The van der Waals surface area contributed by atoms with Gasteiger partial charge in [0, 0.05) is 4.47 Å². The third kappa shape index (κ3) is 2.70. The van der Waals surface area contributed by atoms with Crippen molar-refractivity contribution >= 4 is 27.6 Å². The van der Waals surface area contributed by atoms with E-state index in [1.807, 2.05) is 0 Å². The SMILES string of the molecule is CCOC(=O)c1cc(CO)cc(Br)c1N. The Balaban J connectivity index is 3.15. The van der Waals surface area contributed by atoms with Crippen LogP contribution in [0, 0.1) is 0 Å². The number of carbonyl (C=O) groups is 1. The number of nitrogens with two attached hydrogens (primary N) is 1. The number of esters is 1. The van der Waals surface area contributed by atoms with Gasteiger partial charge >= 0.3 is 5.97 Å². The maximum atomic E-state index is 11.5. The van der Waals surface area contributed by atoms with Gasteiger partial charge in [-0.25, -0.2) is 4.79 Å². The predicted octanol–water partition coefficient (Wildman–Crippen LogP) is 1.70. The van der Waals surface area contributed by atoms with E-state index in [4.69, 9.17) is 15.6 Å². The lowest BCUT2D eigenvalue weighted by Crippen LogP contribution is -2.09. The molecule has 0 aliphatic carbocycles. The third-order valence-corrected chi connectivity index (χ3v) is 2.52. The second kappa shape index (κ2) is 5.14. The fraction of sp³-hybridized carbons (Fsp3) is 0.300. The predicted molar refractivity (Wildman–Crippen MR) is 60.4 cm³/mol. The highest BCUT2D eigenvalue weighted by Gasteiger charge is 2.14. The molecule has 0 amide bonds. The minimum absolute atomic E-state index is 0.148. The minimum atomic E-state index is -0.481. The number of aliphatic hydroxyl groups is 1. The first kappa shape index (κ1) is 12.0. The molecule has 82 valence electrons. The number of benzene rings is 1. The largest absolute Gasteiger partial charge is 0.462 e. The van der Waals surface area contributed by atoms with Gasteiger partial charge in [-0.15, -0.1) is 0 Å². The lowest BCUT2D eigenvalue weighted by atomic mass is 10.1. The van der Waals surface area contributed by atoms with Crippen LogP contribution in [0.4, 0.5) is 5.69 Å². The number of anilines is 1. The van der Waals surface area contributed by atoms with Crippen molar-refractivity contribution in [2.75, 3.05) is 12.3 Å². The van der Waals surface area contributed by atoms with Crippen molar-refractivity contribution in [3.05, 3.63) is 27.7 Å². The van der Waals surface area contributed by atoms with Crippen LogP contribution < -0.4 is 5.73 Å². The molecule has 3 N–H and O–H groups in total. The van der Waals surface area contributed by atoms with E-state index in [0.29, 0.717) is 22.3 Å². The number of halogens is 1. The standard InChI is InChI=1S/C10H12BrNO3/c1-2-15-10(14)7-3-6(5-13)4-8(11)9(7)12/h3-4,13H,2,5,12H2,1H3. The average Bonchev–Trinajstić information content (AvgIpc) is 2.22. The van der Waals surface area contributed by atoms with E-state index >= 15 is 0 Å². The molecule has 1 aromatic rings. The Bertz CT molecular complexity index is 379. The zero-order valence-corrected chi connectivity index (χ0v) is 9.87. The van der Waals surface area contributed by atoms with Crippen LogP contribution in [0.1, 0.15) is 22.8 Å². The van der Waals surface area contributed by atoms with Gasteiger partial charge in [0.2, 0.25) is 0 Å². The van der Waals surface area contributed by atoms with E-state index in [1.165, 1.54) is 6.07 Å². The molecular weight excluding hydrogens is 262 g/mol. The van der Waals surface area contributed by atoms with Crippen LogP contribution >= 0.6 is 15.9 Å². The second-order valence-corrected chi connectivity index (χ2v) is 3.77. The molecule has 0 aromatic heterocycles. The van der Waals surface area contributed by atoms with Gasteiger partial charge < -0.3 is 15.6 Å². The monoisotopic (exact) mass is 273 g/mol. The van der Waals surface area contributed by atoms with Gasteiger partial charge in [-0.2, -0.15) is 0 Å². The molecule has 0 fully saturated rings. The molecule has 0 radical (unpaired) electrons. The van der Waals surface area contributed by atoms with Crippen LogP contribution in [-0.2, 0) is 11.3 Å². The molecule has 1 aromatic carbocycles. The van der Waals surface area contributed by atoms with E-state index in [0.717, 1.165) is 0 Å². The number of aliphatic hydroxyl groups excluding tert-OH is 1. The molecule has 0 saturated carbocycles. The Labute approximate surface area is 96.2 Å². The van der Waals surface area contributed by atoms with Gasteiger partial charge in [-0.3, -0.25) is 0 Å². The van der Waals surface area contributed by atoms with Crippen molar-refractivity contribution in [1.29, 1.82) is 0 Å². The van der Waals surface area contributed by atoms with Gasteiger partial charge in [0.05, 0.1) is 24.5 Å². The van der Waals surface area contributed by atoms with Crippen LogP contribution in [-0.4, -0.2) is 17.7 Å². The third-order valence-electron chi connectivity index (χ3n) is 1.87. The second-order valence-electron chi connectivity index (χ2n) is 2.92. The van der Waals surface area contributed by atoms with Crippen molar-refractivity contribution in [2.45, 2.75) is 13.5 Å². The van der Waals surface area contributed by atoms with E-state index < -0.39 is 5.97 Å². The summed E-state index contributed by atoms with van der Waals surface area (Å²) in [6, 6.07) is 3.19. The highest BCUT2D eigenvalue weighted by Crippen LogP contribution is 2.26. The normalized spacial score (nSPS) is 10.1. The van der Waals surface area contributed by atoms with Gasteiger partial charge in [-0.05, 0) is 40.5 Å². The number of rotatable bonds is 3. The first-order chi connectivity index (χ1) is 7.10. The quantitative estimate of drug-likeness (QED) is 0.650. The van der Waals surface area contributed by atoms with Crippen molar-refractivity contribution in [1.82, 2.24) is 0 Å². The molecule has 0 unspecified atom stereocenters. The Hall–Kier alpha value is -1.07. The summed E-state index contributed by atoms with van der Waals surface area (Å²) in [5.74, 6) is -0.481.